The quantitative estimate of drug-likeness (QED) is 0.873. The summed E-state index contributed by atoms with van der Waals surface area (Å²) in [5.74, 6) is 0. The van der Waals surface area contributed by atoms with E-state index in [4.69, 9.17) is 0 Å². The fourth-order valence-corrected chi connectivity index (χ4v) is 2.12. The number of nitrogens with zero attached hydrogens (tertiary/aromatic N) is 2. The first-order chi connectivity index (χ1) is 8.72. The molecule has 0 radical (unpaired) electrons. The van der Waals surface area contributed by atoms with Crippen LogP contribution in [0, 0.1) is 0 Å². The standard InChI is InChI=1S/C14H19N3O/c1-3-15-11(2)8-9-17-13-7-5-4-6-12(13)16-10-14(17)18/h4-7,10-11,15H,3,8-9H2,1-2H3. The molecule has 1 aromatic carbocycles. The van der Waals surface area contributed by atoms with Gasteiger partial charge in [0.05, 0.1) is 17.2 Å². The van der Waals surface area contributed by atoms with Crippen molar-refractivity contribution in [3.63, 3.8) is 0 Å². The van der Waals surface area contributed by atoms with Crippen molar-refractivity contribution in [2.75, 3.05) is 6.54 Å². The van der Waals surface area contributed by atoms with Gasteiger partial charge in [0.1, 0.15) is 0 Å². The van der Waals surface area contributed by atoms with Crippen LogP contribution < -0.4 is 10.9 Å². The molecule has 1 aromatic heterocycles. The molecule has 1 unspecified atom stereocenters. The number of aryl methyl sites for hydroxylation is 1. The second-order valence-electron chi connectivity index (χ2n) is 4.48. The zero-order chi connectivity index (χ0) is 13.0. The Labute approximate surface area is 107 Å². The fourth-order valence-electron chi connectivity index (χ4n) is 2.12. The molecule has 18 heavy (non-hydrogen) atoms. The van der Waals surface area contributed by atoms with Gasteiger partial charge in [0, 0.05) is 12.6 Å². The largest absolute Gasteiger partial charge is 0.314 e. The molecule has 0 spiro atoms. The van der Waals surface area contributed by atoms with Crippen LogP contribution in [0.2, 0.25) is 0 Å². The molecule has 0 aliphatic rings. The van der Waals surface area contributed by atoms with Crippen molar-refractivity contribution in [2.45, 2.75) is 32.9 Å². The topological polar surface area (TPSA) is 46.9 Å². The van der Waals surface area contributed by atoms with E-state index in [0.29, 0.717) is 6.04 Å². The van der Waals surface area contributed by atoms with E-state index in [2.05, 4.69) is 24.1 Å². The van der Waals surface area contributed by atoms with Crippen LogP contribution in [0.3, 0.4) is 0 Å². The van der Waals surface area contributed by atoms with Gasteiger partial charge in [0.25, 0.3) is 5.56 Å². The van der Waals surface area contributed by atoms with Crippen LogP contribution in [0.5, 0.6) is 0 Å². The molecule has 1 atom stereocenters. The predicted molar refractivity (Wildman–Crippen MR) is 73.8 cm³/mol. The lowest BCUT2D eigenvalue weighted by Gasteiger charge is -2.14. The van der Waals surface area contributed by atoms with Gasteiger partial charge in [0.15, 0.2) is 0 Å². The SMILES string of the molecule is CCNC(C)CCn1c(=O)cnc2ccccc21. The Hall–Kier alpha value is -1.68. The maximum atomic E-state index is 11.9. The Bertz CT molecular complexity index is 577. The zero-order valence-electron chi connectivity index (χ0n) is 10.9. The second kappa shape index (κ2) is 5.78. The summed E-state index contributed by atoms with van der Waals surface area (Å²) in [5, 5.41) is 3.35. The molecule has 0 saturated heterocycles. The van der Waals surface area contributed by atoms with Crippen molar-refractivity contribution in [3.8, 4) is 0 Å². The number of aromatic nitrogens is 2. The molecule has 0 amide bonds. The predicted octanol–water partition coefficient (Wildman–Crippen LogP) is 1.78. The number of fused-ring (bicyclic) bond motifs is 1. The lowest BCUT2D eigenvalue weighted by atomic mass is 10.2. The summed E-state index contributed by atoms with van der Waals surface area (Å²) in [6, 6.07) is 8.16. The minimum Gasteiger partial charge on any atom is -0.314 e. The van der Waals surface area contributed by atoms with Gasteiger partial charge < -0.3 is 9.88 Å². The highest BCUT2D eigenvalue weighted by atomic mass is 16.1. The molecule has 0 saturated carbocycles. The number of para-hydroxylation sites is 2. The first-order valence-corrected chi connectivity index (χ1v) is 6.40. The number of hydrogen-bond acceptors (Lipinski definition) is 3. The third-order valence-corrected chi connectivity index (χ3v) is 3.09. The number of rotatable bonds is 5. The van der Waals surface area contributed by atoms with E-state index in [1.807, 2.05) is 24.3 Å². The molecule has 4 heteroatoms. The minimum absolute atomic E-state index is 0.0302. The fraction of sp³-hybridized carbons (Fsp3) is 0.429. The second-order valence-corrected chi connectivity index (χ2v) is 4.48. The van der Waals surface area contributed by atoms with Gasteiger partial charge in [-0.25, -0.2) is 4.98 Å². The third-order valence-electron chi connectivity index (χ3n) is 3.09. The van der Waals surface area contributed by atoms with E-state index in [1.165, 1.54) is 6.20 Å². The maximum absolute atomic E-state index is 11.9. The highest BCUT2D eigenvalue weighted by molar-refractivity contribution is 5.74. The summed E-state index contributed by atoms with van der Waals surface area (Å²) in [6.45, 7) is 5.89. The average molecular weight is 245 g/mol. The minimum atomic E-state index is -0.0302. The van der Waals surface area contributed by atoms with E-state index in [1.54, 1.807) is 4.57 Å². The molecule has 0 aliphatic carbocycles. The zero-order valence-corrected chi connectivity index (χ0v) is 10.9. The van der Waals surface area contributed by atoms with Crippen LogP contribution in [0.25, 0.3) is 11.0 Å². The highest BCUT2D eigenvalue weighted by Crippen LogP contribution is 2.09. The van der Waals surface area contributed by atoms with Gasteiger partial charge in [-0.3, -0.25) is 4.79 Å². The van der Waals surface area contributed by atoms with Crippen LogP contribution in [0.4, 0.5) is 0 Å². The monoisotopic (exact) mass is 245 g/mol. The van der Waals surface area contributed by atoms with Gasteiger partial charge in [-0.2, -0.15) is 0 Å². The molecule has 0 fully saturated rings. The smallest absolute Gasteiger partial charge is 0.269 e. The van der Waals surface area contributed by atoms with E-state index in [0.717, 1.165) is 30.5 Å². The summed E-state index contributed by atoms with van der Waals surface area (Å²) < 4.78 is 1.80. The molecule has 2 rings (SSSR count). The normalized spacial score (nSPS) is 12.8. The van der Waals surface area contributed by atoms with Gasteiger partial charge >= 0.3 is 0 Å². The van der Waals surface area contributed by atoms with Crippen molar-refractivity contribution >= 4 is 11.0 Å². The van der Waals surface area contributed by atoms with Gasteiger partial charge in [-0.15, -0.1) is 0 Å². The molecule has 0 bridgehead atoms. The van der Waals surface area contributed by atoms with Gasteiger partial charge in [-0.1, -0.05) is 19.1 Å². The average Bonchev–Trinajstić information content (AvgIpc) is 2.38. The van der Waals surface area contributed by atoms with E-state index in [-0.39, 0.29) is 5.56 Å². The molecular weight excluding hydrogens is 226 g/mol. The molecule has 1 N–H and O–H groups in total. The van der Waals surface area contributed by atoms with Gasteiger partial charge in [0.2, 0.25) is 0 Å². The van der Waals surface area contributed by atoms with Crippen molar-refractivity contribution < 1.29 is 0 Å². The molecule has 1 heterocycles. The lowest BCUT2D eigenvalue weighted by Crippen LogP contribution is -2.29. The molecular formula is C14H19N3O. The lowest BCUT2D eigenvalue weighted by molar-refractivity contribution is 0.487. The van der Waals surface area contributed by atoms with Crippen molar-refractivity contribution in [1.82, 2.24) is 14.9 Å². The van der Waals surface area contributed by atoms with E-state index in [9.17, 15) is 4.79 Å². The van der Waals surface area contributed by atoms with Gasteiger partial charge in [-0.05, 0) is 32.0 Å². The van der Waals surface area contributed by atoms with E-state index < -0.39 is 0 Å². The Balaban J connectivity index is 2.26. The molecule has 0 aliphatic heterocycles. The first-order valence-electron chi connectivity index (χ1n) is 6.40. The summed E-state index contributed by atoms with van der Waals surface area (Å²) in [4.78, 5) is 16.0. The number of hydrogen-bond donors (Lipinski definition) is 1. The summed E-state index contributed by atoms with van der Waals surface area (Å²) in [5.41, 5.74) is 1.75. The summed E-state index contributed by atoms with van der Waals surface area (Å²) >= 11 is 0. The summed E-state index contributed by atoms with van der Waals surface area (Å²) in [6.07, 6.45) is 2.34. The molecule has 4 nitrogen and oxygen atoms in total. The van der Waals surface area contributed by atoms with Crippen molar-refractivity contribution in [3.05, 3.63) is 40.8 Å². The van der Waals surface area contributed by atoms with Crippen molar-refractivity contribution in [2.24, 2.45) is 0 Å². The Morgan fingerprint density at radius 3 is 2.94 bits per heavy atom. The molecule has 2 aromatic rings. The number of benzene rings is 1. The first kappa shape index (κ1) is 12.8. The Morgan fingerprint density at radius 1 is 1.39 bits per heavy atom. The van der Waals surface area contributed by atoms with E-state index >= 15 is 0 Å². The third kappa shape index (κ3) is 2.76. The van der Waals surface area contributed by atoms with Crippen LogP contribution in [0.1, 0.15) is 20.3 Å². The Morgan fingerprint density at radius 2 is 2.17 bits per heavy atom. The van der Waals surface area contributed by atoms with Crippen LogP contribution >= 0.6 is 0 Å². The van der Waals surface area contributed by atoms with Crippen LogP contribution in [-0.2, 0) is 6.54 Å². The highest BCUT2D eigenvalue weighted by Gasteiger charge is 2.05. The molecule has 96 valence electrons. The van der Waals surface area contributed by atoms with Crippen LogP contribution in [-0.4, -0.2) is 22.1 Å². The summed E-state index contributed by atoms with van der Waals surface area (Å²) in [7, 11) is 0. The maximum Gasteiger partial charge on any atom is 0.269 e. The number of nitrogens with one attached hydrogen (secondary N) is 1. The van der Waals surface area contributed by atoms with Crippen molar-refractivity contribution in [1.29, 1.82) is 0 Å². The van der Waals surface area contributed by atoms with Crippen LogP contribution in [0.15, 0.2) is 35.3 Å². The Kier molecular flexibility index (Phi) is 4.10.